The molecule has 1 aliphatic heterocycles. The predicted molar refractivity (Wildman–Crippen MR) is 202 cm³/mol. The highest BCUT2D eigenvalue weighted by Crippen LogP contribution is 2.49. The Morgan fingerprint density at radius 1 is 0.490 bits per heavy atom. The Hall–Kier alpha value is -6.37. The van der Waals surface area contributed by atoms with Gasteiger partial charge in [-0.15, -0.1) is 0 Å². The van der Waals surface area contributed by atoms with Gasteiger partial charge in [-0.2, -0.15) is 0 Å². The number of hydrogen-bond acceptors (Lipinski definition) is 1. The van der Waals surface area contributed by atoms with Crippen LogP contribution in [-0.2, 0) is 5.41 Å². The van der Waals surface area contributed by atoms with Gasteiger partial charge in [-0.1, -0.05) is 111 Å². The third kappa shape index (κ3) is 4.73. The van der Waals surface area contributed by atoms with Gasteiger partial charge in [0, 0.05) is 27.6 Å². The van der Waals surface area contributed by atoms with E-state index in [9.17, 15) is 0 Å². The summed E-state index contributed by atoms with van der Waals surface area (Å²) in [6.45, 7) is 12.3. The second-order valence-electron chi connectivity index (χ2n) is 13.3. The van der Waals surface area contributed by atoms with Crippen molar-refractivity contribution in [2.45, 2.75) is 19.3 Å². The molecular formula is C46H32N2O. The van der Waals surface area contributed by atoms with Crippen LogP contribution in [0.5, 0.6) is 11.5 Å². The van der Waals surface area contributed by atoms with E-state index in [0.29, 0.717) is 5.69 Å². The van der Waals surface area contributed by atoms with Crippen LogP contribution in [0, 0.1) is 6.57 Å². The molecule has 0 spiro atoms. The summed E-state index contributed by atoms with van der Waals surface area (Å²) in [5.74, 6) is 1.82. The number of aromatic nitrogens is 1. The fourth-order valence-electron chi connectivity index (χ4n) is 7.50. The highest BCUT2D eigenvalue weighted by Gasteiger charge is 2.34. The minimum absolute atomic E-state index is 0.203. The summed E-state index contributed by atoms with van der Waals surface area (Å²) in [7, 11) is 0. The number of para-hydroxylation sites is 1. The van der Waals surface area contributed by atoms with Crippen LogP contribution < -0.4 is 4.74 Å². The molecule has 7 aromatic carbocycles. The predicted octanol–water partition coefficient (Wildman–Crippen LogP) is 12.8. The minimum atomic E-state index is -0.203. The molecule has 0 saturated heterocycles. The smallest absolute Gasteiger partial charge is 0.188 e. The standard InChI is InChI=1S/C46H32N2O/c1-46(2)40-16-10-11-17-44(40)49-45-23-19-33(28-41(45)46)32-18-21-42-38(27-32)39-29-36(47-3)20-22-43(39)48(42)37-25-34(30-12-6-4-7-13-30)24-35(26-37)31-14-8-5-9-15-31/h4-29H,1-2H3. The van der Waals surface area contributed by atoms with Crippen LogP contribution in [0.2, 0.25) is 0 Å². The topological polar surface area (TPSA) is 18.5 Å². The number of hydrogen-bond donors (Lipinski definition) is 0. The summed E-state index contributed by atoms with van der Waals surface area (Å²) >= 11 is 0. The van der Waals surface area contributed by atoms with E-state index in [1.54, 1.807) is 0 Å². The monoisotopic (exact) mass is 628 g/mol. The van der Waals surface area contributed by atoms with E-state index < -0.39 is 0 Å². The molecule has 0 unspecified atom stereocenters. The van der Waals surface area contributed by atoms with Crippen molar-refractivity contribution >= 4 is 27.5 Å². The lowest BCUT2D eigenvalue weighted by atomic mass is 9.75. The molecule has 0 amide bonds. The SMILES string of the molecule is [C-]#[N+]c1ccc2c(c1)c1cc(-c3ccc4c(c3)C(C)(C)c3ccccc3O4)ccc1n2-c1cc(-c2ccccc2)cc(-c2ccccc2)c1. The maximum atomic E-state index is 7.81. The first kappa shape index (κ1) is 28.8. The lowest BCUT2D eigenvalue weighted by Gasteiger charge is -2.34. The zero-order chi connectivity index (χ0) is 33.1. The number of ether oxygens (including phenoxy) is 1. The van der Waals surface area contributed by atoms with Gasteiger partial charge in [0.25, 0.3) is 0 Å². The maximum Gasteiger partial charge on any atom is 0.188 e. The minimum Gasteiger partial charge on any atom is -0.457 e. The summed E-state index contributed by atoms with van der Waals surface area (Å²) < 4.78 is 8.71. The second kappa shape index (κ2) is 11.1. The average Bonchev–Trinajstić information content (AvgIpc) is 3.48. The largest absolute Gasteiger partial charge is 0.457 e. The Morgan fingerprint density at radius 3 is 1.76 bits per heavy atom. The Bertz CT molecular complexity index is 2550. The van der Waals surface area contributed by atoms with Crippen molar-refractivity contribution in [2.24, 2.45) is 0 Å². The van der Waals surface area contributed by atoms with E-state index in [0.717, 1.165) is 61.2 Å². The molecule has 3 nitrogen and oxygen atoms in total. The highest BCUT2D eigenvalue weighted by molar-refractivity contribution is 6.11. The van der Waals surface area contributed by atoms with Crippen molar-refractivity contribution in [1.29, 1.82) is 0 Å². The maximum absolute atomic E-state index is 7.81. The van der Waals surface area contributed by atoms with E-state index in [-0.39, 0.29) is 5.41 Å². The molecule has 8 aromatic rings. The van der Waals surface area contributed by atoms with Crippen LogP contribution in [-0.4, -0.2) is 4.57 Å². The summed E-state index contributed by atoms with van der Waals surface area (Å²) in [5.41, 5.74) is 12.9. The summed E-state index contributed by atoms with van der Waals surface area (Å²) in [4.78, 5) is 3.81. The molecule has 3 heteroatoms. The summed E-state index contributed by atoms with van der Waals surface area (Å²) in [6.07, 6.45) is 0. The average molecular weight is 629 g/mol. The van der Waals surface area contributed by atoms with Crippen LogP contribution in [0.1, 0.15) is 25.0 Å². The summed E-state index contributed by atoms with van der Waals surface area (Å²) in [6, 6.07) is 55.6. The van der Waals surface area contributed by atoms with Crippen LogP contribution in [0.3, 0.4) is 0 Å². The van der Waals surface area contributed by atoms with Crippen molar-refractivity contribution in [1.82, 2.24) is 4.57 Å². The molecule has 0 atom stereocenters. The molecule has 9 rings (SSSR count). The second-order valence-corrected chi connectivity index (χ2v) is 13.3. The molecule has 0 aliphatic carbocycles. The normalized spacial score (nSPS) is 13.0. The molecule has 1 aliphatic rings. The van der Waals surface area contributed by atoms with Crippen molar-refractivity contribution in [2.75, 3.05) is 0 Å². The fourth-order valence-corrected chi connectivity index (χ4v) is 7.50. The fraction of sp³-hybridized carbons (Fsp3) is 0.0652. The third-order valence-corrected chi connectivity index (χ3v) is 10.0. The van der Waals surface area contributed by atoms with Crippen molar-refractivity contribution in [3.63, 3.8) is 0 Å². The van der Waals surface area contributed by atoms with E-state index in [1.165, 1.54) is 22.3 Å². The van der Waals surface area contributed by atoms with Gasteiger partial charge >= 0.3 is 0 Å². The molecule has 0 radical (unpaired) electrons. The Balaban J connectivity index is 1.25. The number of nitrogens with zero attached hydrogens (tertiary/aromatic N) is 2. The van der Waals surface area contributed by atoms with Crippen molar-refractivity contribution < 1.29 is 4.74 Å². The van der Waals surface area contributed by atoms with Crippen LogP contribution in [0.4, 0.5) is 5.69 Å². The quantitative estimate of drug-likeness (QED) is 0.177. The Kier molecular flexibility index (Phi) is 6.54. The molecule has 0 saturated carbocycles. The van der Waals surface area contributed by atoms with E-state index >= 15 is 0 Å². The van der Waals surface area contributed by atoms with Gasteiger partial charge < -0.3 is 9.30 Å². The van der Waals surface area contributed by atoms with Gasteiger partial charge in [-0.25, -0.2) is 4.85 Å². The molecule has 0 fully saturated rings. The lowest BCUT2D eigenvalue weighted by Crippen LogP contribution is -2.24. The van der Waals surface area contributed by atoms with Gasteiger partial charge in [0.05, 0.1) is 17.6 Å². The zero-order valence-electron chi connectivity index (χ0n) is 27.3. The van der Waals surface area contributed by atoms with Gasteiger partial charge in [0.1, 0.15) is 11.5 Å². The van der Waals surface area contributed by atoms with Crippen molar-refractivity contribution in [3.8, 4) is 50.6 Å². The highest BCUT2D eigenvalue weighted by atomic mass is 16.5. The molecule has 2 heterocycles. The Morgan fingerprint density at radius 2 is 1.06 bits per heavy atom. The summed E-state index contributed by atoms with van der Waals surface area (Å²) in [5, 5.41) is 2.18. The van der Waals surface area contributed by atoms with Gasteiger partial charge in [0.2, 0.25) is 0 Å². The van der Waals surface area contributed by atoms with E-state index in [2.05, 4.69) is 157 Å². The van der Waals surface area contributed by atoms with E-state index in [1.807, 2.05) is 24.3 Å². The molecule has 232 valence electrons. The van der Waals surface area contributed by atoms with E-state index in [4.69, 9.17) is 11.3 Å². The zero-order valence-corrected chi connectivity index (χ0v) is 27.3. The molecule has 1 aromatic heterocycles. The molecular weight excluding hydrogens is 597 g/mol. The van der Waals surface area contributed by atoms with Gasteiger partial charge in [-0.05, 0) is 99.4 Å². The Labute approximate surface area is 286 Å². The first-order valence-corrected chi connectivity index (χ1v) is 16.6. The molecule has 49 heavy (non-hydrogen) atoms. The number of fused-ring (bicyclic) bond motifs is 5. The molecule has 0 bridgehead atoms. The third-order valence-electron chi connectivity index (χ3n) is 10.0. The lowest BCUT2D eigenvalue weighted by molar-refractivity contribution is 0.418. The first-order chi connectivity index (χ1) is 24.0. The van der Waals surface area contributed by atoms with Crippen LogP contribution in [0.15, 0.2) is 158 Å². The van der Waals surface area contributed by atoms with Crippen molar-refractivity contribution in [3.05, 3.63) is 180 Å². The van der Waals surface area contributed by atoms with Gasteiger partial charge in [0.15, 0.2) is 5.69 Å². The van der Waals surface area contributed by atoms with Gasteiger partial charge in [-0.3, -0.25) is 0 Å². The molecule has 0 N–H and O–H groups in total. The first-order valence-electron chi connectivity index (χ1n) is 16.6. The number of rotatable bonds is 4. The number of benzene rings is 7. The van der Waals surface area contributed by atoms with Crippen LogP contribution in [0.25, 0.3) is 65.7 Å². The van der Waals surface area contributed by atoms with Crippen LogP contribution >= 0.6 is 0 Å².